The first kappa shape index (κ1) is 6.71. The van der Waals surface area contributed by atoms with Gasteiger partial charge in [0.1, 0.15) is 0 Å². The summed E-state index contributed by atoms with van der Waals surface area (Å²) in [6, 6.07) is 1.42. The molecule has 62 valence electrons. The summed E-state index contributed by atoms with van der Waals surface area (Å²) in [6.45, 7) is 0. The monoisotopic (exact) mass is 166 g/mol. The highest BCUT2D eigenvalue weighted by atomic mass is 16.3. The Morgan fingerprint density at radius 3 is 2.92 bits per heavy atom. The van der Waals surface area contributed by atoms with Crippen molar-refractivity contribution in [1.82, 2.24) is 14.6 Å². The summed E-state index contributed by atoms with van der Waals surface area (Å²) >= 11 is 0. The lowest BCUT2D eigenvalue weighted by molar-refractivity contribution is 0.414. The smallest absolute Gasteiger partial charge is 0.253 e. The van der Waals surface area contributed by atoms with Crippen LogP contribution in [0, 0.1) is 0 Å². The zero-order chi connectivity index (χ0) is 8.72. The van der Waals surface area contributed by atoms with E-state index in [0.717, 1.165) is 4.52 Å². The van der Waals surface area contributed by atoms with Gasteiger partial charge in [-0.15, -0.1) is 5.10 Å². The number of hydrogen-bond acceptors (Lipinski definition) is 5. The minimum atomic E-state index is -0.323. The lowest BCUT2D eigenvalue weighted by Gasteiger charge is -1.97. The van der Waals surface area contributed by atoms with Gasteiger partial charge in [-0.3, -0.25) is 0 Å². The van der Waals surface area contributed by atoms with Crippen LogP contribution in [0.25, 0.3) is 5.65 Å². The molecule has 0 saturated carbocycles. The number of aromatic hydroxyl groups is 2. The predicted molar refractivity (Wildman–Crippen MR) is 40.7 cm³/mol. The quantitative estimate of drug-likeness (QED) is 0.500. The highest BCUT2D eigenvalue weighted by Gasteiger charge is 2.06. The van der Waals surface area contributed by atoms with Crippen LogP contribution < -0.4 is 5.73 Å². The molecular formula is C6H6N4O2. The number of rotatable bonds is 0. The Hall–Kier alpha value is -1.98. The van der Waals surface area contributed by atoms with Gasteiger partial charge < -0.3 is 15.9 Å². The number of aromatic nitrogens is 3. The molecule has 0 atom stereocenters. The Kier molecular flexibility index (Phi) is 1.12. The molecule has 0 saturated heterocycles. The summed E-state index contributed by atoms with van der Waals surface area (Å²) in [5.74, 6) is -0.462. The molecule has 2 rings (SSSR count). The molecule has 0 amide bonds. The summed E-state index contributed by atoms with van der Waals surface area (Å²) in [7, 11) is 0. The second-order valence-corrected chi connectivity index (χ2v) is 2.31. The molecule has 0 aromatic carbocycles. The van der Waals surface area contributed by atoms with Crippen molar-refractivity contribution in [1.29, 1.82) is 0 Å². The molecule has 6 nitrogen and oxygen atoms in total. The topological polar surface area (TPSA) is 96.7 Å². The molecule has 2 aromatic heterocycles. The minimum absolute atomic E-state index is 0.133. The SMILES string of the molecule is Nc1cc2ncc(O)n2nc1O. The highest BCUT2D eigenvalue weighted by Crippen LogP contribution is 2.19. The third-order valence-corrected chi connectivity index (χ3v) is 1.48. The van der Waals surface area contributed by atoms with Crippen LogP contribution in [0.5, 0.6) is 11.8 Å². The van der Waals surface area contributed by atoms with Crippen LogP contribution in [-0.2, 0) is 0 Å². The predicted octanol–water partition coefficient (Wildman–Crippen LogP) is -0.277. The van der Waals surface area contributed by atoms with Crippen molar-refractivity contribution >= 4 is 11.3 Å². The molecule has 0 radical (unpaired) electrons. The summed E-state index contributed by atoms with van der Waals surface area (Å²) in [4.78, 5) is 3.78. The summed E-state index contributed by atoms with van der Waals surface area (Å²) in [5.41, 5.74) is 5.87. The van der Waals surface area contributed by atoms with Crippen molar-refractivity contribution in [3.8, 4) is 11.8 Å². The molecule has 0 aliphatic rings. The third-order valence-electron chi connectivity index (χ3n) is 1.48. The fourth-order valence-electron chi connectivity index (χ4n) is 0.908. The fourth-order valence-corrected chi connectivity index (χ4v) is 0.908. The molecule has 12 heavy (non-hydrogen) atoms. The first-order chi connectivity index (χ1) is 5.68. The molecule has 0 unspecified atom stereocenters. The van der Waals surface area contributed by atoms with E-state index in [1.165, 1.54) is 12.3 Å². The summed E-state index contributed by atoms with van der Waals surface area (Å²) < 4.78 is 1.09. The molecule has 0 bridgehead atoms. The van der Waals surface area contributed by atoms with Gasteiger partial charge in [0, 0.05) is 6.07 Å². The second kappa shape index (κ2) is 2.00. The van der Waals surface area contributed by atoms with Crippen LogP contribution in [0.1, 0.15) is 0 Å². The van der Waals surface area contributed by atoms with Gasteiger partial charge in [-0.2, -0.15) is 4.52 Å². The van der Waals surface area contributed by atoms with E-state index in [-0.39, 0.29) is 17.4 Å². The number of nitrogen functional groups attached to an aromatic ring is 1. The van der Waals surface area contributed by atoms with Crippen LogP contribution in [-0.4, -0.2) is 24.8 Å². The molecule has 2 heterocycles. The second-order valence-electron chi connectivity index (χ2n) is 2.31. The Morgan fingerprint density at radius 1 is 1.42 bits per heavy atom. The maximum atomic E-state index is 9.11. The number of fused-ring (bicyclic) bond motifs is 1. The van der Waals surface area contributed by atoms with Gasteiger partial charge in [-0.25, -0.2) is 4.98 Å². The van der Waals surface area contributed by atoms with Crippen molar-refractivity contribution in [3.63, 3.8) is 0 Å². The molecule has 0 fully saturated rings. The van der Waals surface area contributed by atoms with Gasteiger partial charge in [0.2, 0.25) is 5.88 Å². The average molecular weight is 166 g/mol. The van der Waals surface area contributed by atoms with Gasteiger partial charge in [-0.1, -0.05) is 0 Å². The van der Waals surface area contributed by atoms with Gasteiger partial charge in [0.05, 0.1) is 11.9 Å². The minimum Gasteiger partial charge on any atom is -0.492 e. The average Bonchev–Trinajstić information content (AvgIpc) is 2.35. The van der Waals surface area contributed by atoms with Crippen molar-refractivity contribution in [2.75, 3.05) is 5.73 Å². The first-order valence-electron chi connectivity index (χ1n) is 3.20. The molecule has 0 aliphatic heterocycles. The van der Waals surface area contributed by atoms with Gasteiger partial charge in [-0.05, 0) is 0 Å². The molecule has 2 aromatic rings. The number of nitrogens with zero attached hydrogens (tertiary/aromatic N) is 3. The van der Waals surface area contributed by atoms with E-state index in [1.54, 1.807) is 0 Å². The number of hydrogen-bond donors (Lipinski definition) is 3. The number of anilines is 1. The molecule has 4 N–H and O–H groups in total. The van der Waals surface area contributed by atoms with Crippen LogP contribution in [0.4, 0.5) is 5.69 Å². The molecular weight excluding hydrogens is 160 g/mol. The largest absolute Gasteiger partial charge is 0.492 e. The lowest BCUT2D eigenvalue weighted by atomic mass is 10.4. The number of nitrogens with two attached hydrogens (primary N) is 1. The van der Waals surface area contributed by atoms with Crippen LogP contribution >= 0.6 is 0 Å². The van der Waals surface area contributed by atoms with Crippen LogP contribution in [0.2, 0.25) is 0 Å². The van der Waals surface area contributed by atoms with E-state index in [2.05, 4.69) is 10.1 Å². The third kappa shape index (κ3) is 0.746. The Labute approximate surface area is 66.9 Å². The zero-order valence-electron chi connectivity index (χ0n) is 5.97. The molecule has 0 spiro atoms. The first-order valence-corrected chi connectivity index (χ1v) is 3.20. The van der Waals surface area contributed by atoms with Crippen molar-refractivity contribution in [2.24, 2.45) is 0 Å². The van der Waals surface area contributed by atoms with E-state index < -0.39 is 0 Å². The van der Waals surface area contributed by atoms with Crippen molar-refractivity contribution in [3.05, 3.63) is 12.3 Å². The van der Waals surface area contributed by atoms with E-state index in [1.807, 2.05) is 0 Å². The van der Waals surface area contributed by atoms with Gasteiger partial charge >= 0.3 is 0 Å². The van der Waals surface area contributed by atoms with E-state index in [0.29, 0.717) is 5.65 Å². The van der Waals surface area contributed by atoms with Gasteiger partial charge in [0.15, 0.2) is 5.65 Å². The Balaban J connectivity index is 2.87. The maximum absolute atomic E-state index is 9.11. The van der Waals surface area contributed by atoms with Crippen LogP contribution in [0.15, 0.2) is 12.3 Å². The Morgan fingerprint density at radius 2 is 2.17 bits per heavy atom. The summed E-state index contributed by atoms with van der Waals surface area (Å²) in [6.07, 6.45) is 1.22. The summed E-state index contributed by atoms with van der Waals surface area (Å²) in [5, 5.41) is 21.7. The normalized spacial score (nSPS) is 10.7. The van der Waals surface area contributed by atoms with Crippen molar-refractivity contribution in [2.45, 2.75) is 0 Å². The molecule has 0 aliphatic carbocycles. The van der Waals surface area contributed by atoms with Gasteiger partial charge in [0.25, 0.3) is 5.88 Å². The van der Waals surface area contributed by atoms with E-state index >= 15 is 0 Å². The van der Waals surface area contributed by atoms with E-state index in [9.17, 15) is 0 Å². The maximum Gasteiger partial charge on any atom is 0.253 e. The Bertz CT molecular complexity index is 436. The van der Waals surface area contributed by atoms with Crippen LogP contribution in [0.3, 0.4) is 0 Å². The number of imidazole rings is 1. The standard InChI is InChI=1S/C6H6N4O2/c7-3-1-4-8-2-5(11)10(4)9-6(3)12/h1-2,11H,7H2,(H,9,12). The highest BCUT2D eigenvalue weighted by molar-refractivity contribution is 5.56. The lowest BCUT2D eigenvalue weighted by Crippen LogP contribution is -1.95. The van der Waals surface area contributed by atoms with Crippen molar-refractivity contribution < 1.29 is 10.2 Å². The fraction of sp³-hybridized carbons (Fsp3) is 0. The molecule has 6 heteroatoms. The van der Waals surface area contributed by atoms with E-state index in [4.69, 9.17) is 15.9 Å². The zero-order valence-corrected chi connectivity index (χ0v) is 5.97.